The van der Waals surface area contributed by atoms with Gasteiger partial charge >= 0.3 is 0 Å². The van der Waals surface area contributed by atoms with Gasteiger partial charge in [0.05, 0.1) is 23.4 Å². The van der Waals surface area contributed by atoms with Crippen LogP contribution in [-0.2, 0) is 13.6 Å². The number of aryl methyl sites for hydroxylation is 1. The molecule has 0 saturated carbocycles. The van der Waals surface area contributed by atoms with Crippen molar-refractivity contribution in [3.8, 4) is 0 Å². The predicted octanol–water partition coefficient (Wildman–Crippen LogP) is 1.55. The second-order valence-electron chi connectivity index (χ2n) is 6.58. The SMILES string of the molecule is CCNC(=NCc1ccnn1C)NCCCCN1C(=O)c2ccccc2C1=O. The number of nitrogens with zero attached hydrogens (tertiary/aromatic N) is 4. The molecule has 0 unspecified atom stereocenters. The number of carbonyl (C=O) groups is 2. The van der Waals surface area contributed by atoms with Crippen LogP contribution in [0.15, 0.2) is 41.5 Å². The maximum Gasteiger partial charge on any atom is 0.261 e. The number of unbranched alkanes of at least 4 members (excludes halogenated alkanes) is 1. The molecule has 1 aromatic heterocycles. The number of aliphatic imine (C=N–C) groups is 1. The molecule has 2 amide bonds. The van der Waals surface area contributed by atoms with Gasteiger partial charge in [0.25, 0.3) is 11.8 Å². The average Bonchev–Trinajstić information content (AvgIpc) is 3.22. The van der Waals surface area contributed by atoms with Gasteiger partial charge in [-0.25, -0.2) is 4.99 Å². The van der Waals surface area contributed by atoms with Crippen LogP contribution in [-0.4, -0.2) is 52.1 Å². The van der Waals surface area contributed by atoms with E-state index in [2.05, 4.69) is 20.7 Å². The van der Waals surface area contributed by atoms with Crippen molar-refractivity contribution in [2.75, 3.05) is 19.6 Å². The Labute approximate surface area is 164 Å². The fourth-order valence-corrected chi connectivity index (χ4v) is 3.10. The van der Waals surface area contributed by atoms with Gasteiger partial charge in [0.15, 0.2) is 5.96 Å². The Kier molecular flexibility index (Phi) is 6.41. The van der Waals surface area contributed by atoms with E-state index in [9.17, 15) is 9.59 Å². The molecule has 3 rings (SSSR count). The molecule has 148 valence electrons. The number of hydrogen-bond donors (Lipinski definition) is 2. The Morgan fingerprint density at radius 2 is 1.79 bits per heavy atom. The highest BCUT2D eigenvalue weighted by Gasteiger charge is 2.34. The van der Waals surface area contributed by atoms with Crippen molar-refractivity contribution < 1.29 is 9.59 Å². The van der Waals surface area contributed by atoms with Crippen molar-refractivity contribution in [2.45, 2.75) is 26.3 Å². The highest BCUT2D eigenvalue weighted by Crippen LogP contribution is 2.22. The van der Waals surface area contributed by atoms with Crippen LogP contribution in [0.3, 0.4) is 0 Å². The van der Waals surface area contributed by atoms with E-state index < -0.39 is 0 Å². The zero-order chi connectivity index (χ0) is 19.9. The van der Waals surface area contributed by atoms with Crippen molar-refractivity contribution >= 4 is 17.8 Å². The van der Waals surface area contributed by atoms with Crippen molar-refractivity contribution in [1.29, 1.82) is 0 Å². The number of rotatable bonds is 8. The van der Waals surface area contributed by atoms with E-state index in [1.54, 1.807) is 35.1 Å². The largest absolute Gasteiger partial charge is 0.357 e. The molecule has 28 heavy (non-hydrogen) atoms. The normalized spacial score (nSPS) is 13.8. The summed E-state index contributed by atoms with van der Waals surface area (Å²) in [7, 11) is 1.89. The number of nitrogens with one attached hydrogen (secondary N) is 2. The summed E-state index contributed by atoms with van der Waals surface area (Å²) < 4.78 is 1.80. The monoisotopic (exact) mass is 382 g/mol. The minimum atomic E-state index is -0.195. The number of guanidine groups is 1. The Hall–Kier alpha value is -3.16. The molecule has 0 radical (unpaired) electrons. The van der Waals surface area contributed by atoms with Crippen LogP contribution in [0, 0.1) is 0 Å². The molecular formula is C20H26N6O2. The highest BCUT2D eigenvalue weighted by atomic mass is 16.2. The molecule has 1 aliphatic rings. The third-order valence-corrected chi connectivity index (χ3v) is 4.64. The molecule has 0 spiro atoms. The first-order valence-corrected chi connectivity index (χ1v) is 9.56. The average molecular weight is 382 g/mol. The predicted molar refractivity (Wildman–Crippen MR) is 107 cm³/mol. The topological polar surface area (TPSA) is 91.6 Å². The first kappa shape index (κ1) is 19.6. The number of carbonyl (C=O) groups excluding carboxylic acids is 2. The number of fused-ring (bicyclic) bond motifs is 1. The fourth-order valence-electron chi connectivity index (χ4n) is 3.10. The van der Waals surface area contributed by atoms with Crippen LogP contribution < -0.4 is 10.6 Å². The quantitative estimate of drug-likeness (QED) is 0.313. The molecule has 2 heterocycles. The molecular weight excluding hydrogens is 356 g/mol. The van der Waals surface area contributed by atoms with Gasteiger partial charge in [0.1, 0.15) is 0 Å². The standard InChI is InChI=1S/C20H26N6O2/c1-3-21-20(23-14-15-10-12-24-25(15)2)22-11-6-7-13-26-18(27)16-8-4-5-9-17(16)19(26)28/h4-5,8-10,12H,3,6-7,11,13-14H2,1-2H3,(H2,21,22,23). The summed E-state index contributed by atoms with van der Waals surface area (Å²) >= 11 is 0. The van der Waals surface area contributed by atoms with Crippen molar-refractivity contribution in [3.05, 3.63) is 53.3 Å². The Morgan fingerprint density at radius 3 is 2.39 bits per heavy atom. The molecule has 2 aromatic rings. The maximum atomic E-state index is 12.3. The van der Waals surface area contributed by atoms with E-state index in [0.29, 0.717) is 30.8 Å². The number of hydrogen-bond acceptors (Lipinski definition) is 4. The van der Waals surface area contributed by atoms with E-state index in [1.807, 2.05) is 20.0 Å². The van der Waals surface area contributed by atoms with Crippen LogP contribution in [0.2, 0.25) is 0 Å². The third kappa shape index (κ3) is 4.39. The first-order chi connectivity index (χ1) is 13.6. The minimum Gasteiger partial charge on any atom is -0.357 e. The van der Waals surface area contributed by atoms with Gasteiger partial charge in [0, 0.05) is 32.9 Å². The lowest BCUT2D eigenvalue weighted by Gasteiger charge is -2.14. The summed E-state index contributed by atoms with van der Waals surface area (Å²) in [6, 6.07) is 8.92. The lowest BCUT2D eigenvalue weighted by molar-refractivity contribution is 0.0652. The molecule has 1 aliphatic heterocycles. The molecule has 1 aromatic carbocycles. The number of benzene rings is 1. The van der Waals surface area contributed by atoms with E-state index in [4.69, 9.17) is 0 Å². The van der Waals surface area contributed by atoms with Gasteiger partial charge < -0.3 is 10.6 Å². The van der Waals surface area contributed by atoms with Crippen LogP contribution in [0.25, 0.3) is 0 Å². The first-order valence-electron chi connectivity index (χ1n) is 9.56. The zero-order valence-corrected chi connectivity index (χ0v) is 16.3. The Morgan fingerprint density at radius 1 is 1.07 bits per heavy atom. The maximum absolute atomic E-state index is 12.3. The summed E-state index contributed by atoms with van der Waals surface area (Å²) in [6.45, 7) is 4.47. The molecule has 8 heteroatoms. The molecule has 0 aliphatic carbocycles. The van der Waals surface area contributed by atoms with Gasteiger partial charge in [-0.3, -0.25) is 19.2 Å². The molecule has 0 atom stereocenters. The third-order valence-electron chi connectivity index (χ3n) is 4.64. The second kappa shape index (κ2) is 9.16. The lowest BCUT2D eigenvalue weighted by Crippen LogP contribution is -2.38. The molecule has 0 fully saturated rings. The van der Waals surface area contributed by atoms with Gasteiger partial charge in [0.2, 0.25) is 0 Å². The molecule has 0 saturated heterocycles. The van der Waals surface area contributed by atoms with E-state index in [-0.39, 0.29) is 11.8 Å². The number of imide groups is 1. The van der Waals surface area contributed by atoms with Crippen molar-refractivity contribution in [3.63, 3.8) is 0 Å². The van der Waals surface area contributed by atoms with Crippen LogP contribution in [0.4, 0.5) is 0 Å². The minimum absolute atomic E-state index is 0.195. The summed E-state index contributed by atoms with van der Waals surface area (Å²) in [5.74, 6) is 0.351. The van der Waals surface area contributed by atoms with E-state index in [0.717, 1.165) is 31.0 Å². The fraction of sp³-hybridized carbons (Fsp3) is 0.400. The summed E-state index contributed by atoms with van der Waals surface area (Å²) in [4.78, 5) is 30.6. The van der Waals surface area contributed by atoms with E-state index in [1.165, 1.54) is 4.90 Å². The van der Waals surface area contributed by atoms with Crippen LogP contribution >= 0.6 is 0 Å². The van der Waals surface area contributed by atoms with Gasteiger partial charge in [-0.15, -0.1) is 0 Å². The molecule has 2 N–H and O–H groups in total. The lowest BCUT2D eigenvalue weighted by atomic mass is 10.1. The van der Waals surface area contributed by atoms with Crippen molar-refractivity contribution in [2.24, 2.45) is 12.0 Å². The summed E-state index contributed by atoms with van der Waals surface area (Å²) in [5.41, 5.74) is 2.03. The molecule has 0 bridgehead atoms. The smallest absolute Gasteiger partial charge is 0.261 e. The van der Waals surface area contributed by atoms with Crippen LogP contribution in [0.1, 0.15) is 46.2 Å². The molecule has 8 nitrogen and oxygen atoms in total. The Balaban J connectivity index is 1.44. The van der Waals surface area contributed by atoms with Crippen LogP contribution in [0.5, 0.6) is 0 Å². The van der Waals surface area contributed by atoms with Gasteiger partial charge in [-0.05, 0) is 38.0 Å². The Bertz CT molecular complexity index is 838. The second-order valence-corrected chi connectivity index (χ2v) is 6.58. The van der Waals surface area contributed by atoms with Crippen molar-refractivity contribution in [1.82, 2.24) is 25.3 Å². The van der Waals surface area contributed by atoms with Gasteiger partial charge in [-0.2, -0.15) is 5.10 Å². The summed E-state index contributed by atoms with van der Waals surface area (Å²) in [6.07, 6.45) is 3.31. The summed E-state index contributed by atoms with van der Waals surface area (Å²) in [5, 5.41) is 10.6. The zero-order valence-electron chi connectivity index (χ0n) is 16.3. The number of aromatic nitrogens is 2. The highest BCUT2D eigenvalue weighted by molar-refractivity contribution is 6.21. The number of amides is 2. The van der Waals surface area contributed by atoms with Gasteiger partial charge in [-0.1, -0.05) is 12.1 Å². The van der Waals surface area contributed by atoms with E-state index >= 15 is 0 Å².